The van der Waals surface area contributed by atoms with Crippen molar-refractivity contribution in [1.82, 2.24) is 0 Å². The van der Waals surface area contributed by atoms with E-state index in [1.807, 2.05) is 17.7 Å². The van der Waals surface area contributed by atoms with E-state index in [9.17, 15) is 14.5 Å². The van der Waals surface area contributed by atoms with Crippen molar-refractivity contribution in [3.8, 4) is 0 Å². The van der Waals surface area contributed by atoms with Gasteiger partial charge in [-0.1, -0.05) is 0 Å². The van der Waals surface area contributed by atoms with Gasteiger partial charge >= 0.3 is 0 Å². The summed E-state index contributed by atoms with van der Waals surface area (Å²) in [6.07, 6.45) is 0. The topological polar surface area (TPSA) is 55.2 Å². The predicted octanol–water partition coefficient (Wildman–Crippen LogP) is 4.32. The highest BCUT2D eigenvalue weighted by Gasteiger charge is 2.17. The summed E-state index contributed by atoms with van der Waals surface area (Å²) in [6, 6.07) is 2.40. The summed E-state index contributed by atoms with van der Waals surface area (Å²) in [4.78, 5) is 10.4. The minimum absolute atomic E-state index is 0.112. The molecule has 1 heterocycles. The largest absolute Gasteiger partial charge is 0.375 e. The van der Waals surface area contributed by atoms with E-state index in [1.54, 1.807) is 33.9 Å². The van der Waals surface area contributed by atoms with Crippen LogP contribution < -0.4 is 5.32 Å². The van der Waals surface area contributed by atoms with Crippen molar-refractivity contribution >= 4 is 45.3 Å². The van der Waals surface area contributed by atoms with Crippen molar-refractivity contribution in [2.45, 2.75) is 13.5 Å². The van der Waals surface area contributed by atoms with Crippen molar-refractivity contribution in [3.63, 3.8) is 0 Å². The van der Waals surface area contributed by atoms with Gasteiger partial charge in [0.25, 0.3) is 5.69 Å². The Hall–Kier alpha value is -1.22. The smallest absolute Gasteiger partial charge is 0.293 e. The minimum atomic E-state index is -0.510. The van der Waals surface area contributed by atoms with Crippen LogP contribution >= 0.6 is 33.9 Å². The van der Waals surface area contributed by atoms with Crippen molar-refractivity contribution in [2.75, 3.05) is 5.32 Å². The molecule has 2 rings (SSSR count). The number of hydrogen-bond donors (Lipinski definition) is 1. The lowest BCUT2D eigenvalue weighted by molar-refractivity contribution is -0.384. The Morgan fingerprint density at radius 2 is 2.21 bits per heavy atom. The first-order valence-electron chi connectivity index (χ1n) is 5.38. The van der Waals surface area contributed by atoms with Gasteiger partial charge < -0.3 is 5.32 Å². The van der Waals surface area contributed by atoms with Crippen LogP contribution in [0.4, 0.5) is 15.8 Å². The lowest BCUT2D eigenvalue weighted by Crippen LogP contribution is -2.04. The molecule has 1 aromatic carbocycles. The van der Waals surface area contributed by atoms with E-state index >= 15 is 0 Å². The number of nitro benzene ring substituents is 1. The number of halogens is 2. The number of anilines is 1. The molecule has 1 N–H and O–H groups in total. The molecule has 0 aliphatic rings. The molecule has 7 heteroatoms. The van der Waals surface area contributed by atoms with Gasteiger partial charge in [0.1, 0.15) is 11.5 Å². The van der Waals surface area contributed by atoms with Crippen LogP contribution in [0.1, 0.15) is 11.1 Å². The third kappa shape index (κ3) is 3.21. The molecule has 0 saturated heterocycles. The number of nitro groups is 1. The van der Waals surface area contributed by atoms with Crippen LogP contribution in [0, 0.1) is 26.4 Å². The van der Waals surface area contributed by atoms with Gasteiger partial charge in [0.15, 0.2) is 0 Å². The molecule has 0 amide bonds. The van der Waals surface area contributed by atoms with Crippen LogP contribution in [0.5, 0.6) is 0 Å². The summed E-state index contributed by atoms with van der Waals surface area (Å²) in [5.74, 6) is -0.462. The minimum Gasteiger partial charge on any atom is -0.375 e. The summed E-state index contributed by atoms with van der Waals surface area (Å²) < 4.78 is 13.7. The molecular weight excluding hydrogens is 382 g/mol. The first kappa shape index (κ1) is 14.2. The van der Waals surface area contributed by atoms with Gasteiger partial charge in [-0.2, -0.15) is 11.3 Å². The molecule has 0 aliphatic heterocycles. The number of aryl methyl sites for hydroxylation is 1. The fourth-order valence-corrected chi connectivity index (χ4v) is 2.90. The molecule has 0 fully saturated rings. The normalized spacial score (nSPS) is 10.5. The maximum absolute atomic E-state index is 13.5. The van der Waals surface area contributed by atoms with Crippen LogP contribution in [0.25, 0.3) is 0 Å². The van der Waals surface area contributed by atoms with E-state index in [4.69, 9.17) is 0 Å². The summed E-state index contributed by atoms with van der Waals surface area (Å²) in [6.45, 7) is 2.41. The Bertz CT molecular complexity index is 630. The molecule has 4 nitrogen and oxygen atoms in total. The fourth-order valence-electron chi connectivity index (χ4n) is 1.59. The highest BCUT2D eigenvalue weighted by atomic mass is 127. The Morgan fingerprint density at radius 1 is 1.47 bits per heavy atom. The van der Waals surface area contributed by atoms with Gasteiger partial charge in [0.2, 0.25) is 0 Å². The van der Waals surface area contributed by atoms with Crippen molar-refractivity contribution in [3.05, 3.63) is 53.5 Å². The Labute approximate surface area is 126 Å². The predicted molar refractivity (Wildman–Crippen MR) is 82.2 cm³/mol. The highest BCUT2D eigenvalue weighted by Crippen LogP contribution is 2.29. The van der Waals surface area contributed by atoms with E-state index in [0.717, 1.165) is 11.1 Å². The maximum atomic E-state index is 13.5. The average Bonchev–Trinajstić information content (AvgIpc) is 2.75. The lowest BCUT2D eigenvalue weighted by atomic mass is 10.2. The average molecular weight is 392 g/mol. The van der Waals surface area contributed by atoms with Crippen LogP contribution in [0.3, 0.4) is 0 Å². The molecule has 19 heavy (non-hydrogen) atoms. The Balaban J connectivity index is 2.26. The molecular formula is C12H10FIN2O2S. The second-order valence-electron chi connectivity index (χ2n) is 3.97. The molecule has 0 bridgehead atoms. The molecule has 100 valence electrons. The number of rotatable bonds is 4. The SMILES string of the molecule is Cc1cscc1CNc1cc(F)c(I)cc1[N+](=O)[O-]. The zero-order valence-corrected chi connectivity index (χ0v) is 12.9. The first-order valence-corrected chi connectivity index (χ1v) is 7.40. The van der Waals surface area contributed by atoms with Crippen LogP contribution in [-0.4, -0.2) is 4.92 Å². The molecule has 0 atom stereocenters. The number of hydrogen-bond acceptors (Lipinski definition) is 4. The summed E-state index contributed by atoms with van der Waals surface area (Å²) >= 11 is 3.31. The van der Waals surface area contributed by atoms with Gasteiger partial charge in [-0.15, -0.1) is 0 Å². The Kier molecular flexibility index (Phi) is 4.35. The molecule has 0 aliphatic carbocycles. The van der Waals surface area contributed by atoms with E-state index in [0.29, 0.717) is 6.54 Å². The molecule has 0 unspecified atom stereocenters. The standard InChI is InChI=1S/C12H10FIN2O2S/c1-7-5-19-6-8(7)4-15-11-2-9(13)10(14)3-12(11)16(17)18/h2-3,5-6,15H,4H2,1H3. The van der Waals surface area contributed by atoms with Crippen LogP contribution in [0.2, 0.25) is 0 Å². The number of nitrogens with zero attached hydrogens (tertiary/aromatic N) is 1. The number of thiophene rings is 1. The van der Waals surface area contributed by atoms with Gasteiger partial charge in [-0.05, 0) is 51.4 Å². The van der Waals surface area contributed by atoms with Gasteiger partial charge in [-0.25, -0.2) is 4.39 Å². The molecule has 0 spiro atoms. The maximum Gasteiger partial charge on any atom is 0.293 e. The van der Waals surface area contributed by atoms with Crippen molar-refractivity contribution < 1.29 is 9.31 Å². The quantitative estimate of drug-likeness (QED) is 0.479. The molecule has 0 saturated carbocycles. The zero-order chi connectivity index (χ0) is 14.0. The summed E-state index contributed by atoms with van der Waals surface area (Å²) in [5.41, 5.74) is 2.26. The third-order valence-electron chi connectivity index (χ3n) is 2.67. The van der Waals surface area contributed by atoms with Gasteiger partial charge in [-0.3, -0.25) is 10.1 Å². The van der Waals surface area contributed by atoms with Gasteiger partial charge in [0.05, 0.1) is 8.49 Å². The lowest BCUT2D eigenvalue weighted by Gasteiger charge is -2.08. The van der Waals surface area contributed by atoms with E-state index in [2.05, 4.69) is 5.32 Å². The highest BCUT2D eigenvalue weighted by molar-refractivity contribution is 14.1. The van der Waals surface area contributed by atoms with E-state index in [-0.39, 0.29) is 14.9 Å². The summed E-state index contributed by atoms with van der Waals surface area (Å²) in [5, 5.41) is 17.9. The van der Waals surface area contributed by atoms with E-state index < -0.39 is 10.7 Å². The van der Waals surface area contributed by atoms with Crippen molar-refractivity contribution in [1.29, 1.82) is 0 Å². The van der Waals surface area contributed by atoms with Gasteiger partial charge in [0, 0.05) is 18.7 Å². The van der Waals surface area contributed by atoms with Crippen LogP contribution in [-0.2, 0) is 6.54 Å². The monoisotopic (exact) mass is 392 g/mol. The number of nitrogens with one attached hydrogen (secondary N) is 1. The van der Waals surface area contributed by atoms with E-state index in [1.165, 1.54) is 12.1 Å². The Morgan fingerprint density at radius 3 is 2.79 bits per heavy atom. The first-order chi connectivity index (χ1) is 8.99. The molecule has 2 aromatic rings. The third-order valence-corrected chi connectivity index (χ3v) is 4.40. The second kappa shape index (κ2) is 5.83. The van der Waals surface area contributed by atoms with Crippen LogP contribution in [0.15, 0.2) is 22.9 Å². The number of benzene rings is 1. The second-order valence-corrected chi connectivity index (χ2v) is 5.88. The fraction of sp³-hybridized carbons (Fsp3) is 0.167. The molecule has 1 aromatic heterocycles. The van der Waals surface area contributed by atoms with Crippen molar-refractivity contribution in [2.24, 2.45) is 0 Å². The zero-order valence-electron chi connectivity index (χ0n) is 9.94. The molecule has 0 radical (unpaired) electrons. The summed E-state index contributed by atoms with van der Waals surface area (Å²) in [7, 11) is 0.